The average Bonchev–Trinajstić information content (AvgIpc) is 2.58. The Hall–Kier alpha value is -3.06. The van der Waals surface area contributed by atoms with E-state index in [9.17, 15) is 14.4 Å². The van der Waals surface area contributed by atoms with Crippen molar-refractivity contribution in [1.29, 1.82) is 0 Å². The predicted molar refractivity (Wildman–Crippen MR) is 103 cm³/mol. The van der Waals surface area contributed by atoms with Crippen molar-refractivity contribution in [3.8, 4) is 0 Å². The van der Waals surface area contributed by atoms with Gasteiger partial charge in [-0.2, -0.15) is 0 Å². The number of halogens is 1. The van der Waals surface area contributed by atoms with Gasteiger partial charge in [0.05, 0.1) is 10.6 Å². The summed E-state index contributed by atoms with van der Waals surface area (Å²) in [6, 6.07) is 12.7. The highest BCUT2D eigenvalue weighted by molar-refractivity contribution is 6.33. The molecule has 2 aromatic carbocycles. The highest BCUT2D eigenvalue weighted by Gasteiger charge is 2.17. The van der Waals surface area contributed by atoms with Gasteiger partial charge in [-0.05, 0) is 51.1 Å². The quantitative estimate of drug-likeness (QED) is 0.696. The molecular formula is C19H20ClN3O4. The van der Waals surface area contributed by atoms with Crippen LogP contribution in [0, 0.1) is 0 Å². The van der Waals surface area contributed by atoms with Crippen LogP contribution >= 0.6 is 11.6 Å². The lowest BCUT2D eigenvalue weighted by Crippen LogP contribution is -2.41. The first-order valence-corrected chi connectivity index (χ1v) is 8.49. The van der Waals surface area contributed by atoms with Crippen molar-refractivity contribution in [2.45, 2.75) is 26.4 Å². The zero-order chi connectivity index (χ0) is 20.0. The van der Waals surface area contributed by atoms with E-state index in [2.05, 4.69) is 16.2 Å². The van der Waals surface area contributed by atoms with E-state index in [-0.39, 0.29) is 16.1 Å². The number of benzene rings is 2. The molecule has 0 aliphatic carbocycles. The molecule has 0 spiro atoms. The van der Waals surface area contributed by atoms with E-state index in [1.54, 1.807) is 51.1 Å². The molecule has 27 heavy (non-hydrogen) atoms. The largest absolute Gasteiger partial charge is 0.444 e. The number of nitrogens with one attached hydrogen (secondary N) is 3. The molecule has 0 heterocycles. The third-order valence-electron chi connectivity index (χ3n) is 3.18. The Balaban J connectivity index is 1.98. The molecule has 8 heteroatoms. The summed E-state index contributed by atoms with van der Waals surface area (Å²) in [4.78, 5) is 36.1. The lowest BCUT2D eigenvalue weighted by atomic mass is 10.2. The van der Waals surface area contributed by atoms with Gasteiger partial charge in [-0.25, -0.2) is 4.79 Å². The highest BCUT2D eigenvalue weighted by atomic mass is 35.5. The SMILES string of the molecule is CC(C)(C)OC(=O)Nc1cccc(C(=O)NNC(=O)c2ccccc2Cl)c1. The minimum atomic E-state index is -0.637. The van der Waals surface area contributed by atoms with Gasteiger partial charge in [0.1, 0.15) is 5.60 Å². The molecular weight excluding hydrogens is 370 g/mol. The van der Waals surface area contributed by atoms with Crippen LogP contribution in [0.15, 0.2) is 48.5 Å². The number of hydrogen-bond acceptors (Lipinski definition) is 4. The lowest BCUT2D eigenvalue weighted by molar-refractivity contribution is 0.0635. The number of carbonyl (C=O) groups excluding carboxylic acids is 3. The number of carbonyl (C=O) groups is 3. The topological polar surface area (TPSA) is 96.5 Å². The van der Waals surface area contributed by atoms with Crippen molar-refractivity contribution in [2.75, 3.05) is 5.32 Å². The van der Waals surface area contributed by atoms with E-state index in [0.29, 0.717) is 5.69 Å². The molecule has 0 saturated carbocycles. The van der Waals surface area contributed by atoms with Gasteiger partial charge in [0.2, 0.25) is 0 Å². The van der Waals surface area contributed by atoms with Crippen LogP contribution in [0.1, 0.15) is 41.5 Å². The minimum absolute atomic E-state index is 0.236. The van der Waals surface area contributed by atoms with E-state index in [4.69, 9.17) is 16.3 Å². The molecule has 2 aromatic rings. The third kappa shape index (κ3) is 6.31. The maximum atomic E-state index is 12.2. The first kappa shape index (κ1) is 20.3. The molecule has 0 fully saturated rings. The summed E-state index contributed by atoms with van der Waals surface area (Å²) >= 11 is 5.94. The zero-order valence-electron chi connectivity index (χ0n) is 15.1. The van der Waals surface area contributed by atoms with Crippen LogP contribution < -0.4 is 16.2 Å². The minimum Gasteiger partial charge on any atom is -0.444 e. The van der Waals surface area contributed by atoms with Crippen molar-refractivity contribution < 1.29 is 19.1 Å². The van der Waals surface area contributed by atoms with Crippen LogP contribution in [0.5, 0.6) is 0 Å². The van der Waals surface area contributed by atoms with Crippen molar-refractivity contribution in [3.05, 3.63) is 64.7 Å². The summed E-state index contributed by atoms with van der Waals surface area (Å²) in [7, 11) is 0. The Morgan fingerprint density at radius 1 is 0.926 bits per heavy atom. The number of ether oxygens (including phenoxy) is 1. The van der Waals surface area contributed by atoms with Gasteiger partial charge in [-0.3, -0.25) is 25.8 Å². The van der Waals surface area contributed by atoms with Gasteiger partial charge in [0.15, 0.2) is 0 Å². The van der Waals surface area contributed by atoms with Crippen LogP contribution in [0.3, 0.4) is 0 Å². The van der Waals surface area contributed by atoms with Crippen LogP contribution in [0.2, 0.25) is 5.02 Å². The molecule has 0 unspecified atom stereocenters. The van der Waals surface area contributed by atoms with Crippen molar-refractivity contribution >= 4 is 35.2 Å². The predicted octanol–water partition coefficient (Wildman–Crippen LogP) is 3.76. The van der Waals surface area contributed by atoms with E-state index < -0.39 is 23.5 Å². The summed E-state index contributed by atoms with van der Waals surface area (Å²) < 4.78 is 5.16. The van der Waals surface area contributed by atoms with E-state index >= 15 is 0 Å². The smallest absolute Gasteiger partial charge is 0.412 e. The molecule has 0 radical (unpaired) electrons. The normalized spacial score (nSPS) is 10.7. The Morgan fingerprint density at radius 2 is 1.59 bits per heavy atom. The molecule has 0 bridgehead atoms. The van der Waals surface area contributed by atoms with Crippen LogP contribution in [-0.4, -0.2) is 23.5 Å². The molecule has 0 aliphatic rings. The Morgan fingerprint density at radius 3 is 2.26 bits per heavy atom. The molecule has 3 amide bonds. The number of amides is 3. The van der Waals surface area contributed by atoms with Gasteiger partial charge in [-0.15, -0.1) is 0 Å². The Bertz CT molecular complexity index is 862. The highest BCUT2D eigenvalue weighted by Crippen LogP contribution is 2.15. The number of rotatable bonds is 3. The van der Waals surface area contributed by atoms with Crippen molar-refractivity contribution in [3.63, 3.8) is 0 Å². The van der Waals surface area contributed by atoms with E-state index in [1.165, 1.54) is 18.2 Å². The molecule has 0 aromatic heterocycles. The fourth-order valence-electron chi connectivity index (χ4n) is 2.06. The second-order valence-electron chi connectivity index (χ2n) is 6.60. The maximum Gasteiger partial charge on any atom is 0.412 e. The summed E-state index contributed by atoms with van der Waals surface area (Å²) in [5, 5.41) is 2.82. The van der Waals surface area contributed by atoms with E-state index in [0.717, 1.165) is 0 Å². The van der Waals surface area contributed by atoms with Crippen LogP contribution in [-0.2, 0) is 4.74 Å². The first-order valence-electron chi connectivity index (χ1n) is 8.11. The fraction of sp³-hybridized carbons (Fsp3) is 0.211. The second kappa shape index (κ2) is 8.55. The van der Waals surface area contributed by atoms with Gasteiger partial charge in [0.25, 0.3) is 11.8 Å². The van der Waals surface area contributed by atoms with Gasteiger partial charge in [0, 0.05) is 11.3 Å². The summed E-state index contributed by atoms with van der Waals surface area (Å²) in [6.07, 6.45) is -0.632. The molecule has 0 atom stereocenters. The Kier molecular flexibility index (Phi) is 6.41. The Labute approximate surface area is 162 Å². The van der Waals surface area contributed by atoms with Gasteiger partial charge < -0.3 is 4.74 Å². The molecule has 3 N–H and O–H groups in total. The first-order chi connectivity index (χ1) is 12.7. The van der Waals surface area contributed by atoms with Crippen molar-refractivity contribution in [1.82, 2.24) is 10.9 Å². The van der Waals surface area contributed by atoms with E-state index in [1.807, 2.05) is 0 Å². The van der Waals surface area contributed by atoms with Gasteiger partial charge in [-0.1, -0.05) is 29.8 Å². The molecule has 2 rings (SSSR count). The second-order valence-corrected chi connectivity index (χ2v) is 7.00. The average molecular weight is 390 g/mol. The maximum absolute atomic E-state index is 12.2. The summed E-state index contributed by atoms with van der Waals surface area (Å²) in [6.45, 7) is 5.24. The van der Waals surface area contributed by atoms with Gasteiger partial charge >= 0.3 is 6.09 Å². The molecule has 142 valence electrons. The van der Waals surface area contributed by atoms with Crippen molar-refractivity contribution in [2.24, 2.45) is 0 Å². The number of hydrazine groups is 1. The number of anilines is 1. The summed E-state index contributed by atoms with van der Waals surface area (Å²) in [5.74, 6) is -1.10. The number of hydrogen-bond donors (Lipinski definition) is 3. The van der Waals surface area contributed by atoms with Crippen LogP contribution in [0.25, 0.3) is 0 Å². The monoisotopic (exact) mass is 389 g/mol. The summed E-state index contributed by atoms with van der Waals surface area (Å²) in [5.41, 5.74) is 4.82. The molecule has 0 aliphatic heterocycles. The lowest BCUT2D eigenvalue weighted by Gasteiger charge is -2.19. The van der Waals surface area contributed by atoms with Crippen LogP contribution in [0.4, 0.5) is 10.5 Å². The fourth-order valence-corrected chi connectivity index (χ4v) is 2.28. The standard InChI is InChI=1S/C19H20ClN3O4/c1-19(2,3)27-18(26)21-13-8-6-7-12(11-13)16(24)22-23-17(25)14-9-4-5-10-15(14)20/h4-11H,1-3H3,(H,21,26)(H,22,24)(H,23,25). The molecule has 7 nitrogen and oxygen atoms in total. The third-order valence-corrected chi connectivity index (χ3v) is 3.51. The zero-order valence-corrected chi connectivity index (χ0v) is 15.9. The molecule has 0 saturated heterocycles.